The average molecular weight is 646 g/mol. The molecular formula is C29H35N5O6S3. The summed E-state index contributed by atoms with van der Waals surface area (Å²) in [6.07, 6.45) is 5.77. The van der Waals surface area contributed by atoms with E-state index in [9.17, 15) is 27.9 Å². The van der Waals surface area contributed by atoms with E-state index in [-0.39, 0.29) is 23.9 Å². The van der Waals surface area contributed by atoms with Crippen molar-refractivity contribution in [1.29, 1.82) is 0 Å². The lowest BCUT2D eigenvalue weighted by molar-refractivity contribution is -0.142. The van der Waals surface area contributed by atoms with Gasteiger partial charge < -0.3 is 26.8 Å². The molecule has 2 amide bonds. The van der Waals surface area contributed by atoms with E-state index in [1.807, 2.05) is 30.3 Å². The van der Waals surface area contributed by atoms with Gasteiger partial charge in [-0.3, -0.25) is 14.6 Å². The molecule has 14 heteroatoms. The van der Waals surface area contributed by atoms with Gasteiger partial charge in [-0.2, -0.15) is 0 Å². The van der Waals surface area contributed by atoms with Crippen LogP contribution in [0.4, 0.5) is 0 Å². The second kappa shape index (κ2) is 16.4. The largest absolute Gasteiger partial charge is 0.480 e. The minimum absolute atomic E-state index is 0.139. The number of hydrogen-bond donors (Lipinski definition) is 4. The molecule has 1 fully saturated rings. The van der Waals surface area contributed by atoms with E-state index in [4.69, 9.17) is 11.5 Å². The van der Waals surface area contributed by atoms with Gasteiger partial charge in [0.05, 0.1) is 6.67 Å². The summed E-state index contributed by atoms with van der Waals surface area (Å²) >= 11 is 1.01. The fourth-order valence-corrected chi connectivity index (χ4v) is 9.43. The van der Waals surface area contributed by atoms with Crippen LogP contribution in [-0.2, 0) is 18.5 Å². The highest BCUT2D eigenvalue weighted by Crippen LogP contribution is 2.35. The van der Waals surface area contributed by atoms with Crippen LogP contribution in [0.15, 0.2) is 84.0 Å². The van der Waals surface area contributed by atoms with E-state index >= 15 is 0 Å². The minimum atomic E-state index is -3.84. The summed E-state index contributed by atoms with van der Waals surface area (Å²) in [7, 11) is -3.22. The summed E-state index contributed by atoms with van der Waals surface area (Å²) in [5.74, 6) is -1.78. The number of aromatic nitrogens is 1. The van der Waals surface area contributed by atoms with Gasteiger partial charge in [0.2, 0.25) is 14.8 Å². The van der Waals surface area contributed by atoms with Crippen LogP contribution >= 0.6 is 22.6 Å². The summed E-state index contributed by atoms with van der Waals surface area (Å²) in [6.45, 7) is 0.182. The molecule has 1 aromatic heterocycles. The second-order valence-electron chi connectivity index (χ2n) is 9.43. The number of benzene rings is 2. The number of amides is 2. The van der Waals surface area contributed by atoms with Gasteiger partial charge in [-0.15, -0.1) is 11.8 Å². The van der Waals surface area contributed by atoms with E-state index in [0.717, 1.165) is 28.6 Å². The quantitative estimate of drug-likeness (QED) is 0.168. The number of thioether (sulfide) groups is 1. The third kappa shape index (κ3) is 9.53. The van der Waals surface area contributed by atoms with Crippen LogP contribution < -0.4 is 16.8 Å². The standard InChI is InChI=1S/C24H25N3O5S3.C5H10N2O/c1-33-22(35(31,32)34-18-10-7-13-26-15-18)14-21(24(29)30)27(16-25)23(28)20-12-6-5-11-19(20)17-8-3-2-4-9-17;6-3-4-1-2-5(8)7-4/h2-13,15,21-22H,14,16,25H2,1H3,(H,29,30);4H,1-3,6H2,(H,7,8)/t21-,22?;4-/m00/s1. The van der Waals surface area contributed by atoms with E-state index in [1.54, 1.807) is 42.7 Å². The zero-order valence-corrected chi connectivity index (χ0v) is 26.0. The number of carbonyl (C=O) groups is 3. The lowest BCUT2D eigenvalue weighted by atomic mass is 9.98. The number of rotatable bonds is 12. The highest BCUT2D eigenvalue weighted by Gasteiger charge is 2.37. The first kappa shape index (κ1) is 34.1. The van der Waals surface area contributed by atoms with Gasteiger partial charge >= 0.3 is 5.97 Å². The maximum atomic E-state index is 13.5. The molecule has 0 radical (unpaired) electrons. The number of hydrogen-bond acceptors (Lipinski definition) is 10. The Morgan fingerprint density at radius 1 is 1.09 bits per heavy atom. The average Bonchev–Trinajstić information content (AvgIpc) is 3.45. The molecule has 0 bridgehead atoms. The Bertz CT molecular complexity index is 1480. The Morgan fingerprint density at radius 2 is 1.79 bits per heavy atom. The predicted molar refractivity (Wildman–Crippen MR) is 170 cm³/mol. The van der Waals surface area contributed by atoms with Crippen LogP contribution in [0.25, 0.3) is 11.1 Å². The van der Waals surface area contributed by atoms with Crippen LogP contribution in [0.3, 0.4) is 0 Å². The van der Waals surface area contributed by atoms with Gasteiger partial charge in [-0.05, 0) is 42.0 Å². The first-order valence-electron chi connectivity index (χ1n) is 13.3. The molecule has 6 N–H and O–H groups in total. The Hall–Kier alpha value is -3.43. The summed E-state index contributed by atoms with van der Waals surface area (Å²) in [5.41, 5.74) is 12.8. The smallest absolute Gasteiger partial charge is 0.326 e. The van der Waals surface area contributed by atoms with E-state index in [0.29, 0.717) is 34.2 Å². The zero-order chi connectivity index (χ0) is 31.4. The molecule has 1 aliphatic heterocycles. The Kier molecular flexibility index (Phi) is 13.0. The lowest BCUT2D eigenvalue weighted by Crippen LogP contribution is -2.49. The van der Waals surface area contributed by atoms with Crippen molar-refractivity contribution < 1.29 is 27.9 Å². The summed E-state index contributed by atoms with van der Waals surface area (Å²) in [6, 6.07) is 18.1. The summed E-state index contributed by atoms with van der Waals surface area (Å²) < 4.78 is 25.0. The van der Waals surface area contributed by atoms with Gasteiger partial charge in [0, 0.05) is 59.1 Å². The number of carboxylic acids is 1. The van der Waals surface area contributed by atoms with Gasteiger partial charge in [-0.1, -0.05) is 48.5 Å². The van der Waals surface area contributed by atoms with E-state index in [2.05, 4.69) is 10.3 Å². The number of nitrogens with zero attached hydrogens (tertiary/aromatic N) is 2. The van der Waals surface area contributed by atoms with Crippen LogP contribution in [0, 0.1) is 0 Å². The first-order valence-corrected chi connectivity index (χ1v) is 17.5. The monoisotopic (exact) mass is 645 g/mol. The highest BCUT2D eigenvalue weighted by atomic mass is 33.1. The Morgan fingerprint density at radius 3 is 2.33 bits per heavy atom. The van der Waals surface area contributed by atoms with Crippen molar-refractivity contribution in [3.8, 4) is 11.1 Å². The molecule has 230 valence electrons. The fraction of sp³-hybridized carbons (Fsp3) is 0.310. The van der Waals surface area contributed by atoms with E-state index in [1.165, 1.54) is 12.4 Å². The van der Waals surface area contributed by atoms with Gasteiger partial charge in [0.15, 0.2) is 0 Å². The van der Waals surface area contributed by atoms with Crippen molar-refractivity contribution in [3.05, 3.63) is 84.7 Å². The minimum Gasteiger partial charge on any atom is -0.480 e. The number of aliphatic carboxylic acids is 1. The van der Waals surface area contributed by atoms with E-state index < -0.39 is 38.0 Å². The Labute approximate surface area is 259 Å². The number of carboxylic acid groups (broad SMARTS) is 1. The fourth-order valence-electron chi connectivity index (χ4n) is 4.36. The maximum Gasteiger partial charge on any atom is 0.326 e. The molecule has 1 aliphatic rings. The molecule has 1 unspecified atom stereocenters. The van der Waals surface area contributed by atoms with Crippen molar-refractivity contribution in [3.63, 3.8) is 0 Å². The molecule has 3 aromatic rings. The van der Waals surface area contributed by atoms with Crippen molar-refractivity contribution in [1.82, 2.24) is 15.2 Å². The molecule has 0 saturated carbocycles. The van der Waals surface area contributed by atoms with Gasteiger partial charge in [0.1, 0.15) is 10.6 Å². The molecule has 2 heterocycles. The number of carbonyl (C=O) groups excluding carboxylic acids is 2. The van der Waals surface area contributed by atoms with Gasteiger partial charge in [-0.25, -0.2) is 13.2 Å². The number of pyridine rings is 1. The SMILES string of the molecule is CSC(C[C@@H](C(=O)O)N(CN)C(=O)c1ccccc1-c1ccccc1)S(=O)(=O)Sc1cccnc1.NC[C@@H]1CCC(=O)N1. The summed E-state index contributed by atoms with van der Waals surface area (Å²) in [5, 5.41) is 12.7. The van der Waals surface area contributed by atoms with Crippen LogP contribution in [0.2, 0.25) is 0 Å². The molecular weight excluding hydrogens is 611 g/mol. The van der Waals surface area contributed by atoms with Crippen molar-refractivity contribution in [2.24, 2.45) is 11.5 Å². The van der Waals surface area contributed by atoms with Crippen molar-refractivity contribution >= 4 is 49.2 Å². The van der Waals surface area contributed by atoms with Crippen LogP contribution in [0.1, 0.15) is 29.6 Å². The van der Waals surface area contributed by atoms with Crippen molar-refractivity contribution in [2.75, 3.05) is 19.5 Å². The summed E-state index contributed by atoms with van der Waals surface area (Å²) in [4.78, 5) is 41.6. The zero-order valence-electron chi connectivity index (χ0n) is 23.5. The molecule has 43 heavy (non-hydrogen) atoms. The van der Waals surface area contributed by atoms with Gasteiger partial charge in [0.25, 0.3) is 5.91 Å². The normalized spacial score (nSPS) is 15.9. The predicted octanol–water partition coefficient (Wildman–Crippen LogP) is 2.99. The molecule has 0 spiro atoms. The lowest BCUT2D eigenvalue weighted by Gasteiger charge is -2.30. The Balaban J connectivity index is 0.000000546. The third-order valence-corrected chi connectivity index (χ3v) is 12.5. The van der Waals surface area contributed by atoms with Crippen LogP contribution in [0.5, 0.6) is 0 Å². The number of nitrogens with two attached hydrogens (primary N) is 2. The second-order valence-corrected chi connectivity index (χ2v) is 14.9. The van der Waals surface area contributed by atoms with Crippen LogP contribution in [-0.4, -0.2) is 77.3 Å². The molecule has 4 rings (SSSR count). The maximum absolute atomic E-state index is 13.5. The molecule has 1 saturated heterocycles. The molecule has 11 nitrogen and oxygen atoms in total. The molecule has 3 atom stereocenters. The number of nitrogens with one attached hydrogen (secondary N) is 1. The highest BCUT2D eigenvalue weighted by molar-refractivity contribution is 8.73. The third-order valence-electron chi connectivity index (χ3n) is 6.58. The first-order chi connectivity index (χ1) is 20.6. The topological polar surface area (TPSA) is 186 Å². The molecule has 0 aliphatic carbocycles. The molecule has 2 aromatic carbocycles. The van der Waals surface area contributed by atoms with Crippen molar-refractivity contribution in [2.45, 2.75) is 40.8 Å².